The zero-order chi connectivity index (χ0) is 11.6. The summed E-state index contributed by atoms with van der Waals surface area (Å²) in [7, 11) is 0. The van der Waals surface area contributed by atoms with Gasteiger partial charge in [0.2, 0.25) is 5.69 Å². The fourth-order valence-electron chi connectivity index (χ4n) is 1.09. The van der Waals surface area contributed by atoms with Crippen LogP contribution in [0.4, 0.5) is 22.7 Å². The summed E-state index contributed by atoms with van der Waals surface area (Å²) in [5, 5.41) is 21.1. The van der Waals surface area contributed by atoms with Crippen molar-refractivity contribution in [3.05, 3.63) is 32.4 Å². The second-order valence-electron chi connectivity index (χ2n) is 2.56. The number of benzene rings is 1. The SMILES string of the molecule is NNc1c([N+](=O)[O-])ccc(N)c1[N+](=O)[O-]. The van der Waals surface area contributed by atoms with Crippen LogP contribution in [0.2, 0.25) is 0 Å². The Balaban J connectivity index is 3.54. The van der Waals surface area contributed by atoms with Gasteiger partial charge in [-0.15, -0.1) is 0 Å². The number of nitrogen functional groups attached to an aromatic ring is 2. The molecule has 0 aromatic heterocycles. The molecular weight excluding hydrogens is 206 g/mol. The molecule has 0 bridgehead atoms. The lowest BCUT2D eigenvalue weighted by Gasteiger charge is -2.04. The Labute approximate surface area is 82.9 Å². The number of hydrazine groups is 1. The molecule has 0 saturated carbocycles. The third-order valence-electron chi connectivity index (χ3n) is 1.71. The van der Waals surface area contributed by atoms with Crippen molar-refractivity contribution in [2.45, 2.75) is 0 Å². The number of nitro groups is 2. The highest BCUT2D eigenvalue weighted by molar-refractivity contribution is 5.82. The Hall–Kier alpha value is -2.42. The lowest BCUT2D eigenvalue weighted by atomic mass is 10.2. The van der Waals surface area contributed by atoms with Crippen LogP contribution in [-0.4, -0.2) is 9.85 Å². The summed E-state index contributed by atoms with van der Waals surface area (Å²) in [5.41, 5.74) is 5.50. The molecule has 0 radical (unpaired) electrons. The van der Waals surface area contributed by atoms with E-state index < -0.39 is 26.9 Å². The van der Waals surface area contributed by atoms with Gasteiger partial charge in [0.05, 0.1) is 9.85 Å². The Morgan fingerprint density at radius 1 is 1.20 bits per heavy atom. The van der Waals surface area contributed by atoms with Crippen LogP contribution in [-0.2, 0) is 0 Å². The van der Waals surface area contributed by atoms with E-state index in [9.17, 15) is 20.2 Å². The summed E-state index contributed by atoms with van der Waals surface area (Å²) in [5.74, 6) is 4.98. The second kappa shape index (κ2) is 3.75. The highest BCUT2D eigenvalue weighted by atomic mass is 16.6. The van der Waals surface area contributed by atoms with Crippen LogP contribution in [0, 0.1) is 20.2 Å². The maximum absolute atomic E-state index is 10.6. The molecule has 0 saturated heterocycles. The van der Waals surface area contributed by atoms with Crippen molar-refractivity contribution in [2.75, 3.05) is 11.2 Å². The van der Waals surface area contributed by atoms with Crippen molar-refractivity contribution in [3.8, 4) is 0 Å². The topological polar surface area (TPSA) is 150 Å². The predicted octanol–water partition coefficient (Wildman–Crippen LogP) is 0.371. The summed E-state index contributed by atoms with van der Waals surface area (Å²) >= 11 is 0. The predicted molar refractivity (Wildman–Crippen MR) is 52.0 cm³/mol. The van der Waals surface area contributed by atoms with E-state index >= 15 is 0 Å². The molecule has 9 nitrogen and oxygen atoms in total. The van der Waals surface area contributed by atoms with Crippen molar-refractivity contribution in [3.63, 3.8) is 0 Å². The fraction of sp³-hybridized carbons (Fsp3) is 0. The number of hydrogen-bond donors (Lipinski definition) is 3. The van der Waals surface area contributed by atoms with Crippen LogP contribution in [0.3, 0.4) is 0 Å². The summed E-state index contributed by atoms with van der Waals surface area (Å²) in [6, 6.07) is 2.12. The molecule has 0 aliphatic heterocycles. The zero-order valence-electron chi connectivity index (χ0n) is 7.34. The lowest BCUT2D eigenvalue weighted by molar-refractivity contribution is -0.391. The molecule has 0 fully saturated rings. The van der Waals surface area contributed by atoms with Gasteiger partial charge >= 0.3 is 11.4 Å². The van der Waals surface area contributed by atoms with Crippen LogP contribution in [0.5, 0.6) is 0 Å². The second-order valence-corrected chi connectivity index (χ2v) is 2.56. The Kier molecular flexibility index (Phi) is 2.67. The quantitative estimate of drug-likeness (QED) is 0.284. The highest BCUT2D eigenvalue weighted by Gasteiger charge is 2.27. The van der Waals surface area contributed by atoms with Crippen LogP contribution in [0.15, 0.2) is 12.1 Å². The number of anilines is 2. The molecule has 0 spiro atoms. The molecule has 15 heavy (non-hydrogen) atoms. The van der Waals surface area contributed by atoms with E-state index in [0.29, 0.717) is 0 Å². The van der Waals surface area contributed by atoms with Gasteiger partial charge in [-0.25, -0.2) is 0 Å². The number of nitrogens with one attached hydrogen (secondary N) is 1. The van der Waals surface area contributed by atoms with Crippen LogP contribution < -0.4 is 17.0 Å². The lowest BCUT2D eigenvalue weighted by Crippen LogP contribution is -2.12. The molecule has 9 heteroatoms. The van der Waals surface area contributed by atoms with Crippen molar-refractivity contribution in [1.29, 1.82) is 0 Å². The first-order chi connectivity index (χ1) is 6.99. The summed E-state index contributed by atoms with van der Waals surface area (Å²) in [6.45, 7) is 0. The van der Waals surface area contributed by atoms with Gasteiger partial charge in [0.1, 0.15) is 5.69 Å². The van der Waals surface area contributed by atoms with Gasteiger partial charge < -0.3 is 11.2 Å². The molecule has 1 aromatic rings. The van der Waals surface area contributed by atoms with E-state index in [0.717, 1.165) is 12.1 Å². The number of nitro benzene ring substituents is 2. The molecule has 0 aliphatic carbocycles. The van der Waals surface area contributed by atoms with Gasteiger partial charge in [-0.3, -0.25) is 26.1 Å². The third kappa shape index (κ3) is 1.76. The largest absolute Gasteiger partial charge is 0.393 e. The Morgan fingerprint density at radius 2 is 1.80 bits per heavy atom. The number of nitrogens with zero attached hydrogens (tertiary/aromatic N) is 2. The number of rotatable bonds is 3. The van der Waals surface area contributed by atoms with Gasteiger partial charge in [-0.05, 0) is 6.07 Å². The normalized spacial score (nSPS) is 9.67. The minimum absolute atomic E-state index is 0.196. The Bertz CT molecular complexity index is 432. The van der Waals surface area contributed by atoms with E-state index in [2.05, 4.69) is 0 Å². The third-order valence-corrected chi connectivity index (χ3v) is 1.71. The van der Waals surface area contributed by atoms with Crippen LogP contribution >= 0.6 is 0 Å². The molecular formula is C6H7N5O4. The average Bonchev–Trinajstić information content (AvgIpc) is 2.15. The Morgan fingerprint density at radius 3 is 2.20 bits per heavy atom. The number of hydrogen-bond acceptors (Lipinski definition) is 7. The van der Waals surface area contributed by atoms with E-state index in [4.69, 9.17) is 11.6 Å². The summed E-state index contributed by atoms with van der Waals surface area (Å²) in [6.07, 6.45) is 0. The van der Waals surface area contributed by atoms with Crippen LogP contribution in [0.25, 0.3) is 0 Å². The van der Waals surface area contributed by atoms with Gasteiger partial charge in [0, 0.05) is 6.07 Å². The molecule has 1 aromatic carbocycles. The smallest absolute Gasteiger partial charge is 0.323 e. The maximum atomic E-state index is 10.6. The first-order valence-electron chi connectivity index (χ1n) is 3.67. The number of nitrogens with two attached hydrogens (primary N) is 2. The standard InChI is InChI=1S/C6H7N5O4/c7-3-1-2-4(10(12)13)5(9-8)6(3)11(14)15/h1-2,9H,7-8H2. The molecule has 0 aliphatic rings. The van der Waals surface area contributed by atoms with Crippen molar-refractivity contribution in [1.82, 2.24) is 0 Å². The van der Waals surface area contributed by atoms with Crippen molar-refractivity contribution < 1.29 is 9.85 Å². The fourth-order valence-corrected chi connectivity index (χ4v) is 1.09. The molecule has 0 heterocycles. The van der Waals surface area contributed by atoms with Gasteiger partial charge in [0.25, 0.3) is 0 Å². The monoisotopic (exact) mass is 213 g/mol. The molecule has 1 rings (SSSR count). The van der Waals surface area contributed by atoms with Gasteiger partial charge in [-0.2, -0.15) is 0 Å². The van der Waals surface area contributed by atoms with E-state index in [-0.39, 0.29) is 5.69 Å². The highest BCUT2D eigenvalue weighted by Crippen LogP contribution is 2.37. The van der Waals surface area contributed by atoms with Gasteiger partial charge in [-0.1, -0.05) is 0 Å². The molecule has 80 valence electrons. The van der Waals surface area contributed by atoms with E-state index in [1.807, 2.05) is 5.43 Å². The molecule has 5 N–H and O–H groups in total. The summed E-state index contributed by atoms with van der Waals surface area (Å²) < 4.78 is 0. The maximum Gasteiger partial charge on any atom is 0.323 e. The van der Waals surface area contributed by atoms with Gasteiger partial charge in [0.15, 0.2) is 0 Å². The average molecular weight is 213 g/mol. The zero-order valence-corrected chi connectivity index (χ0v) is 7.34. The van der Waals surface area contributed by atoms with Crippen LogP contribution in [0.1, 0.15) is 0 Å². The molecule has 0 unspecified atom stereocenters. The minimum Gasteiger partial charge on any atom is -0.393 e. The molecule has 0 amide bonds. The van der Waals surface area contributed by atoms with E-state index in [1.54, 1.807) is 0 Å². The van der Waals surface area contributed by atoms with Crippen molar-refractivity contribution >= 4 is 22.7 Å². The first-order valence-corrected chi connectivity index (χ1v) is 3.67. The first kappa shape index (κ1) is 10.7. The van der Waals surface area contributed by atoms with Crippen molar-refractivity contribution in [2.24, 2.45) is 5.84 Å². The molecule has 0 atom stereocenters. The summed E-state index contributed by atoms with van der Waals surface area (Å²) in [4.78, 5) is 19.5. The minimum atomic E-state index is -0.836. The van der Waals surface area contributed by atoms with E-state index in [1.165, 1.54) is 0 Å².